The number of aliphatic hydroxyl groups is 1. The van der Waals surface area contributed by atoms with Crippen molar-refractivity contribution in [2.75, 3.05) is 0 Å². The first-order valence-corrected chi connectivity index (χ1v) is 7.21. The number of hydrogen-bond donors (Lipinski definition) is 1. The van der Waals surface area contributed by atoms with Crippen molar-refractivity contribution in [1.82, 2.24) is 0 Å². The van der Waals surface area contributed by atoms with Gasteiger partial charge in [0, 0.05) is 9.75 Å². The second-order valence-electron chi connectivity index (χ2n) is 3.21. The van der Waals surface area contributed by atoms with Crippen molar-refractivity contribution in [2.45, 2.75) is 19.4 Å². The van der Waals surface area contributed by atoms with Crippen LogP contribution in [0.5, 0.6) is 0 Å². The maximum absolute atomic E-state index is 10.2. The summed E-state index contributed by atoms with van der Waals surface area (Å²) in [6, 6.07) is 6.03. The van der Waals surface area contributed by atoms with E-state index in [-0.39, 0.29) is 0 Å². The maximum atomic E-state index is 10.2. The Bertz CT molecular complexity index is 447. The normalized spacial score (nSPS) is 13.0. The third-order valence-corrected chi connectivity index (χ3v) is 4.96. The lowest BCUT2D eigenvalue weighted by Crippen LogP contribution is -1.97. The fourth-order valence-electron chi connectivity index (χ4n) is 1.48. The fourth-order valence-corrected chi connectivity index (χ4v) is 3.98. The Morgan fingerprint density at radius 3 is 2.80 bits per heavy atom. The molecule has 0 fully saturated rings. The molecule has 0 amide bonds. The zero-order chi connectivity index (χ0) is 10.8. The second kappa shape index (κ2) is 4.78. The number of aryl methyl sites for hydroxylation is 1. The summed E-state index contributed by atoms with van der Waals surface area (Å²) in [4.78, 5) is 2.07. The van der Waals surface area contributed by atoms with Crippen LogP contribution in [0.4, 0.5) is 0 Å². The quantitative estimate of drug-likeness (QED) is 0.900. The summed E-state index contributed by atoms with van der Waals surface area (Å²) < 4.78 is 1.06. The molecule has 0 aromatic carbocycles. The topological polar surface area (TPSA) is 20.2 Å². The van der Waals surface area contributed by atoms with Crippen LogP contribution in [0, 0.1) is 0 Å². The van der Waals surface area contributed by atoms with E-state index in [2.05, 4.69) is 28.9 Å². The molecule has 1 nitrogen and oxygen atoms in total. The molecule has 0 saturated heterocycles. The molecule has 2 heterocycles. The van der Waals surface area contributed by atoms with Crippen LogP contribution in [0.3, 0.4) is 0 Å². The van der Waals surface area contributed by atoms with Gasteiger partial charge in [0.2, 0.25) is 0 Å². The minimum Gasteiger partial charge on any atom is -0.382 e. The first kappa shape index (κ1) is 11.3. The van der Waals surface area contributed by atoms with Crippen molar-refractivity contribution < 1.29 is 5.11 Å². The van der Waals surface area contributed by atoms with Gasteiger partial charge in [0.25, 0.3) is 0 Å². The van der Waals surface area contributed by atoms with Gasteiger partial charge in [-0.15, -0.1) is 22.7 Å². The molecule has 4 heteroatoms. The lowest BCUT2D eigenvalue weighted by atomic mass is 10.1. The van der Waals surface area contributed by atoms with Crippen molar-refractivity contribution in [3.63, 3.8) is 0 Å². The molecule has 0 saturated carbocycles. The SMILES string of the molecule is CCc1ccsc1C(O)c1ccc(Br)s1. The van der Waals surface area contributed by atoms with E-state index in [1.807, 2.05) is 17.5 Å². The van der Waals surface area contributed by atoms with E-state index in [1.54, 1.807) is 22.7 Å². The number of hydrogen-bond acceptors (Lipinski definition) is 3. The first-order valence-electron chi connectivity index (χ1n) is 4.72. The van der Waals surface area contributed by atoms with Crippen LogP contribution in [0.15, 0.2) is 27.4 Å². The molecule has 0 aliphatic rings. The van der Waals surface area contributed by atoms with Crippen LogP contribution in [0.25, 0.3) is 0 Å². The summed E-state index contributed by atoms with van der Waals surface area (Å²) in [6.07, 6.45) is 0.513. The van der Waals surface area contributed by atoms with E-state index in [4.69, 9.17) is 0 Å². The first-order chi connectivity index (χ1) is 7.22. The molecule has 1 N–H and O–H groups in total. The summed E-state index contributed by atoms with van der Waals surface area (Å²) in [5, 5.41) is 12.2. The molecule has 0 spiro atoms. The number of rotatable bonds is 3. The summed E-state index contributed by atoms with van der Waals surface area (Å²) >= 11 is 6.62. The van der Waals surface area contributed by atoms with Crippen molar-refractivity contribution in [2.24, 2.45) is 0 Å². The summed E-state index contributed by atoms with van der Waals surface area (Å²) in [5.74, 6) is 0. The predicted octanol–water partition coefficient (Wildman–Crippen LogP) is 4.22. The zero-order valence-corrected chi connectivity index (χ0v) is 11.5. The number of thiophene rings is 2. The Morgan fingerprint density at radius 2 is 2.20 bits per heavy atom. The molecule has 1 atom stereocenters. The minimum atomic E-state index is -0.462. The molecular weight excluding hydrogens is 292 g/mol. The molecule has 2 aromatic rings. The van der Waals surface area contributed by atoms with Crippen molar-refractivity contribution in [3.05, 3.63) is 42.7 Å². The molecule has 2 rings (SSSR count). The smallest absolute Gasteiger partial charge is 0.123 e. The Kier molecular flexibility index (Phi) is 3.61. The minimum absolute atomic E-state index is 0.462. The van der Waals surface area contributed by atoms with Crippen molar-refractivity contribution in [3.8, 4) is 0 Å². The van der Waals surface area contributed by atoms with Gasteiger partial charge in [0.05, 0.1) is 3.79 Å². The van der Waals surface area contributed by atoms with Crippen LogP contribution in [-0.2, 0) is 6.42 Å². The molecule has 1 unspecified atom stereocenters. The van der Waals surface area contributed by atoms with Crippen LogP contribution >= 0.6 is 38.6 Å². The Balaban J connectivity index is 2.31. The monoisotopic (exact) mass is 302 g/mol. The molecule has 0 aliphatic heterocycles. The lowest BCUT2D eigenvalue weighted by Gasteiger charge is -2.08. The van der Waals surface area contributed by atoms with Gasteiger partial charge in [-0.1, -0.05) is 6.92 Å². The molecule has 2 aromatic heterocycles. The predicted molar refractivity (Wildman–Crippen MR) is 69.8 cm³/mol. The summed E-state index contributed by atoms with van der Waals surface area (Å²) in [6.45, 7) is 2.11. The van der Waals surface area contributed by atoms with E-state index in [1.165, 1.54) is 5.56 Å². The average molecular weight is 303 g/mol. The van der Waals surface area contributed by atoms with Gasteiger partial charge < -0.3 is 5.11 Å². The van der Waals surface area contributed by atoms with Crippen molar-refractivity contribution >= 4 is 38.6 Å². The second-order valence-corrected chi connectivity index (χ2v) is 6.65. The molecule has 0 aliphatic carbocycles. The molecular formula is C11H11BrOS2. The highest BCUT2D eigenvalue weighted by atomic mass is 79.9. The highest BCUT2D eigenvalue weighted by molar-refractivity contribution is 9.11. The van der Waals surface area contributed by atoms with Gasteiger partial charge in [0.1, 0.15) is 6.10 Å². The Labute approximate surface area is 106 Å². The van der Waals surface area contributed by atoms with E-state index < -0.39 is 6.10 Å². The zero-order valence-electron chi connectivity index (χ0n) is 8.24. The maximum Gasteiger partial charge on any atom is 0.123 e. The molecule has 0 bridgehead atoms. The molecule has 0 radical (unpaired) electrons. The standard InChI is InChI=1S/C11H11BrOS2/c1-2-7-5-6-14-11(7)10(13)8-3-4-9(12)15-8/h3-6,10,13H,2H2,1H3. The fraction of sp³-hybridized carbons (Fsp3) is 0.273. The van der Waals surface area contributed by atoms with E-state index in [0.29, 0.717) is 0 Å². The van der Waals surface area contributed by atoms with Gasteiger partial charge in [-0.3, -0.25) is 0 Å². The van der Waals surface area contributed by atoms with E-state index in [0.717, 1.165) is 20.0 Å². The van der Waals surface area contributed by atoms with Crippen LogP contribution in [-0.4, -0.2) is 5.11 Å². The molecule has 80 valence electrons. The summed E-state index contributed by atoms with van der Waals surface area (Å²) in [7, 11) is 0. The lowest BCUT2D eigenvalue weighted by molar-refractivity contribution is 0.227. The largest absolute Gasteiger partial charge is 0.382 e. The van der Waals surface area contributed by atoms with E-state index in [9.17, 15) is 5.11 Å². The Hall–Kier alpha value is -0.160. The van der Waals surface area contributed by atoms with Crippen molar-refractivity contribution in [1.29, 1.82) is 0 Å². The van der Waals surface area contributed by atoms with Gasteiger partial charge in [0.15, 0.2) is 0 Å². The summed E-state index contributed by atoms with van der Waals surface area (Å²) in [5.41, 5.74) is 1.25. The highest BCUT2D eigenvalue weighted by Gasteiger charge is 2.16. The third kappa shape index (κ3) is 2.33. The number of halogens is 1. The number of aliphatic hydroxyl groups excluding tert-OH is 1. The average Bonchev–Trinajstić information content (AvgIpc) is 2.84. The van der Waals surface area contributed by atoms with E-state index >= 15 is 0 Å². The molecule has 15 heavy (non-hydrogen) atoms. The third-order valence-electron chi connectivity index (χ3n) is 2.27. The van der Waals surface area contributed by atoms with Gasteiger partial charge in [-0.05, 0) is 51.5 Å². The van der Waals surface area contributed by atoms with Crippen LogP contribution in [0.2, 0.25) is 0 Å². The van der Waals surface area contributed by atoms with Gasteiger partial charge >= 0.3 is 0 Å². The highest BCUT2D eigenvalue weighted by Crippen LogP contribution is 2.35. The Morgan fingerprint density at radius 1 is 1.40 bits per heavy atom. The van der Waals surface area contributed by atoms with Crippen LogP contribution < -0.4 is 0 Å². The van der Waals surface area contributed by atoms with Crippen LogP contribution in [0.1, 0.15) is 28.3 Å². The van der Waals surface area contributed by atoms with Gasteiger partial charge in [-0.2, -0.15) is 0 Å². The van der Waals surface area contributed by atoms with Gasteiger partial charge in [-0.25, -0.2) is 0 Å².